The van der Waals surface area contributed by atoms with E-state index < -0.39 is 0 Å². The van der Waals surface area contributed by atoms with Gasteiger partial charge in [0.1, 0.15) is 0 Å². The van der Waals surface area contributed by atoms with Gasteiger partial charge in [0.05, 0.1) is 5.69 Å². The van der Waals surface area contributed by atoms with Crippen molar-refractivity contribution in [3.63, 3.8) is 0 Å². The number of rotatable bonds is 3. The number of carbonyl (C=O) groups excluding carboxylic acids is 2. The number of amides is 2. The van der Waals surface area contributed by atoms with E-state index >= 15 is 0 Å². The van der Waals surface area contributed by atoms with Crippen LogP contribution in [0.4, 0.5) is 10.5 Å². The van der Waals surface area contributed by atoms with E-state index in [9.17, 15) is 9.59 Å². The Kier molecular flexibility index (Phi) is 5.45. The van der Waals surface area contributed by atoms with E-state index in [0.717, 1.165) is 11.8 Å². The van der Waals surface area contributed by atoms with Crippen LogP contribution in [0.15, 0.2) is 59.5 Å². The molecule has 0 heterocycles. The van der Waals surface area contributed by atoms with Crippen molar-refractivity contribution >= 4 is 28.6 Å². The zero-order chi connectivity index (χ0) is 16.9. The van der Waals surface area contributed by atoms with Crippen LogP contribution in [0, 0.1) is 0 Å². The molecule has 2 aromatic carbocycles. The Morgan fingerprint density at radius 2 is 1.52 bits per heavy atom. The van der Waals surface area contributed by atoms with E-state index in [-0.39, 0.29) is 16.7 Å². The van der Waals surface area contributed by atoms with Gasteiger partial charge in [-0.1, -0.05) is 30.3 Å². The fourth-order valence-corrected chi connectivity index (χ4v) is 2.81. The van der Waals surface area contributed by atoms with Gasteiger partial charge in [0.25, 0.3) is 11.1 Å². The van der Waals surface area contributed by atoms with Gasteiger partial charge in [-0.2, -0.15) is 0 Å². The van der Waals surface area contributed by atoms with Crippen molar-refractivity contribution in [2.75, 3.05) is 5.32 Å². The van der Waals surface area contributed by atoms with Crippen molar-refractivity contribution < 1.29 is 9.59 Å². The van der Waals surface area contributed by atoms with E-state index in [1.165, 1.54) is 0 Å². The van der Waals surface area contributed by atoms with Gasteiger partial charge in [-0.15, -0.1) is 0 Å². The zero-order valence-electron chi connectivity index (χ0n) is 13.4. The van der Waals surface area contributed by atoms with Crippen LogP contribution in [0.3, 0.4) is 0 Å². The third-order valence-corrected chi connectivity index (χ3v) is 3.71. The van der Waals surface area contributed by atoms with Gasteiger partial charge in [0, 0.05) is 16.0 Å². The van der Waals surface area contributed by atoms with Crippen molar-refractivity contribution in [1.82, 2.24) is 5.32 Å². The molecule has 0 radical (unpaired) electrons. The van der Waals surface area contributed by atoms with Crippen LogP contribution in [-0.4, -0.2) is 16.7 Å². The lowest BCUT2D eigenvalue weighted by molar-refractivity contribution is 0.102. The van der Waals surface area contributed by atoms with Gasteiger partial charge in [-0.25, -0.2) is 0 Å². The highest BCUT2D eigenvalue weighted by Crippen LogP contribution is 2.28. The molecule has 0 saturated heterocycles. The summed E-state index contributed by atoms with van der Waals surface area (Å²) in [6.07, 6.45) is 0. The van der Waals surface area contributed by atoms with E-state index in [1.54, 1.807) is 18.2 Å². The predicted octanol–water partition coefficient (Wildman–Crippen LogP) is 4.54. The minimum absolute atomic E-state index is 0.154. The molecule has 2 aromatic rings. The quantitative estimate of drug-likeness (QED) is 0.813. The standard InChI is InChI=1S/C18H20N2O2S/c1-18(2,3)20-17(22)23-15-12-8-7-11-14(15)19-16(21)13-9-5-4-6-10-13/h4-12H,1-3H3,(H,19,21)(H,20,22). The first-order valence-electron chi connectivity index (χ1n) is 7.30. The van der Waals surface area contributed by atoms with Crippen LogP contribution in [0.1, 0.15) is 31.1 Å². The highest BCUT2D eigenvalue weighted by atomic mass is 32.2. The second-order valence-corrected chi connectivity index (χ2v) is 7.10. The molecule has 0 fully saturated rings. The molecule has 0 spiro atoms. The van der Waals surface area contributed by atoms with Crippen LogP contribution in [0.2, 0.25) is 0 Å². The molecule has 5 heteroatoms. The summed E-state index contributed by atoms with van der Waals surface area (Å²) in [4.78, 5) is 25.0. The summed E-state index contributed by atoms with van der Waals surface area (Å²) in [5, 5.41) is 5.59. The average molecular weight is 328 g/mol. The van der Waals surface area contributed by atoms with Crippen LogP contribution < -0.4 is 10.6 Å². The number of hydrogen-bond acceptors (Lipinski definition) is 3. The summed E-state index contributed by atoms with van der Waals surface area (Å²) in [6, 6.07) is 16.2. The highest BCUT2D eigenvalue weighted by molar-refractivity contribution is 8.13. The van der Waals surface area contributed by atoms with E-state index in [2.05, 4.69) is 10.6 Å². The lowest BCUT2D eigenvalue weighted by Crippen LogP contribution is -2.38. The minimum atomic E-state index is -0.299. The number of anilines is 1. The Morgan fingerprint density at radius 3 is 2.17 bits per heavy atom. The van der Waals surface area contributed by atoms with Crippen molar-refractivity contribution in [2.24, 2.45) is 0 Å². The number of thioether (sulfide) groups is 1. The fraction of sp³-hybridized carbons (Fsp3) is 0.222. The lowest BCUT2D eigenvalue weighted by atomic mass is 10.1. The predicted molar refractivity (Wildman–Crippen MR) is 95.0 cm³/mol. The summed E-state index contributed by atoms with van der Waals surface area (Å²) in [5.41, 5.74) is 0.897. The number of hydrogen-bond donors (Lipinski definition) is 2. The molecule has 0 atom stereocenters. The van der Waals surface area contributed by atoms with E-state index in [1.807, 2.05) is 57.2 Å². The maximum atomic E-state index is 12.3. The van der Waals surface area contributed by atoms with Gasteiger partial charge in [0.15, 0.2) is 0 Å². The van der Waals surface area contributed by atoms with Gasteiger partial charge < -0.3 is 10.6 Å². The molecule has 0 aliphatic rings. The molecule has 2 amide bonds. The van der Waals surface area contributed by atoms with Crippen molar-refractivity contribution in [2.45, 2.75) is 31.2 Å². The lowest BCUT2D eigenvalue weighted by Gasteiger charge is -2.20. The average Bonchev–Trinajstić information content (AvgIpc) is 2.48. The maximum Gasteiger partial charge on any atom is 0.284 e. The summed E-state index contributed by atoms with van der Waals surface area (Å²) >= 11 is 1.07. The van der Waals surface area contributed by atoms with E-state index in [0.29, 0.717) is 16.1 Å². The first-order valence-corrected chi connectivity index (χ1v) is 8.12. The van der Waals surface area contributed by atoms with Gasteiger partial charge in [-0.3, -0.25) is 9.59 Å². The summed E-state index contributed by atoms with van der Waals surface area (Å²) in [7, 11) is 0. The van der Waals surface area contributed by atoms with Crippen LogP contribution in [0.25, 0.3) is 0 Å². The molecule has 0 aliphatic heterocycles. The second-order valence-electron chi connectivity index (χ2n) is 6.08. The molecule has 0 aromatic heterocycles. The molecule has 2 N–H and O–H groups in total. The summed E-state index contributed by atoms with van der Waals surface area (Å²) < 4.78 is 0. The van der Waals surface area contributed by atoms with Gasteiger partial charge in [0.2, 0.25) is 0 Å². The molecule has 0 unspecified atom stereocenters. The normalized spacial score (nSPS) is 10.9. The Morgan fingerprint density at radius 1 is 0.913 bits per heavy atom. The van der Waals surface area contributed by atoms with Crippen LogP contribution >= 0.6 is 11.8 Å². The van der Waals surface area contributed by atoms with E-state index in [4.69, 9.17) is 0 Å². The van der Waals surface area contributed by atoms with Crippen molar-refractivity contribution in [3.8, 4) is 0 Å². The Hall–Kier alpha value is -2.27. The molecular weight excluding hydrogens is 308 g/mol. The fourth-order valence-electron chi connectivity index (χ4n) is 1.87. The van der Waals surface area contributed by atoms with Gasteiger partial charge >= 0.3 is 0 Å². The number of carbonyl (C=O) groups is 2. The van der Waals surface area contributed by atoms with Crippen LogP contribution in [-0.2, 0) is 0 Å². The largest absolute Gasteiger partial charge is 0.342 e. The first-order chi connectivity index (χ1) is 10.8. The monoisotopic (exact) mass is 328 g/mol. The minimum Gasteiger partial charge on any atom is -0.342 e. The molecule has 0 saturated carbocycles. The number of benzene rings is 2. The first kappa shape index (κ1) is 17.1. The van der Waals surface area contributed by atoms with Gasteiger partial charge in [-0.05, 0) is 56.8 Å². The van der Waals surface area contributed by atoms with Crippen LogP contribution in [0.5, 0.6) is 0 Å². The third-order valence-electron chi connectivity index (χ3n) is 2.85. The third kappa shape index (κ3) is 5.45. The molecule has 4 nitrogen and oxygen atoms in total. The molecule has 0 aliphatic carbocycles. The summed E-state index contributed by atoms with van der Waals surface area (Å²) in [5.74, 6) is -0.199. The van der Waals surface area contributed by atoms with Crippen molar-refractivity contribution in [1.29, 1.82) is 0 Å². The Bertz CT molecular complexity index is 694. The second kappa shape index (κ2) is 7.33. The maximum absolute atomic E-state index is 12.3. The molecule has 0 bridgehead atoms. The molecule has 2 rings (SSSR count). The Balaban J connectivity index is 2.12. The number of nitrogens with one attached hydrogen (secondary N) is 2. The smallest absolute Gasteiger partial charge is 0.284 e. The topological polar surface area (TPSA) is 58.2 Å². The SMILES string of the molecule is CC(C)(C)NC(=O)Sc1ccccc1NC(=O)c1ccccc1. The molecule has 23 heavy (non-hydrogen) atoms. The molecular formula is C18H20N2O2S. The number of para-hydroxylation sites is 1. The zero-order valence-corrected chi connectivity index (χ0v) is 14.2. The molecule has 120 valence electrons. The summed E-state index contributed by atoms with van der Waals surface area (Å²) in [6.45, 7) is 5.78. The highest BCUT2D eigenvalue weighted by Gasteiger charge is 2.17. The van der Waals surface area contributed by atoms with Crippen molar-refractivity contribution in [3.05, 3.63) is 60.2 Å². The Labute approximate surface area is 140 Å².